The normalized spacial score (nSPS) is 14.7. The average molecular weight is 309 g/mol. The lowest BCUT2D eigenvalue weighted by Gasteiger charge is -2.28. The van der Waals surface area contributed by atoms with Crippen LogP contribution in [0.5, 0.6) is 0 Å². The maximum atomic E-state index is 12.8. The molecule has 0 spiro atoms. The fourth-order valence-corrected chi connectivity index (χ4v) is 2.53. The van der Waals surface area contributed by atoms with E-state index in [1.54, 1.807) is 12.2 Å². The number of carbonyl (C=O) groups excluding carboxylic acids is 1. The van der Waals surface area contributed by atoms with E-state index in [0.29, 0.717) is 13.3 Å². The van der Waals surface area contributed by atoms with Gasteiger partial charge in [-0.05, 0) is 31.9 Å². The highest BCUT2D eigenvalue weighted by molar-refractivity contribution is 7.14. The van der Waals surface area contributed by atoms with Gasteiger partial charge in [0.05, 0.1) is 4.88 Å². The number of aliphatic carboxylic acids is 1. The zero-order chi connectivity index (χ0) is 15.7. The third kappa shape index (κ3) is 2.95. The lowest BCUT2D eigenvalue weighted by atomic mass is 10.0. The molecule has 1 aromatic heterocycles. The molecule has 0 saturated heterocycles. The SMILES string of the molecule is CCc1sc(C(=O)NC(C)(C(=O)O)C(F)(F)F)cc1C. The summed E-state index contributed by atoms with van der Waals surface area (Å²) in [6.07, 6.45) is -4.44. The van der Waals surface area contributed by atoms with Crippen LogP contribution in [0.2, 0.25) is 0 Å². The van der Waals surface area contributed by atoms with Crippen molar-refractivity contribution >= 4 is 23.2 Å². The largest absolute Gasteiger partial charge is 0.479 e. The van der Waals surface area contributed by atoms with Gasteiger partial charge >= 0.3 is 12.1 Å². The molecular formula is C12H14F3NO3S. The molecule has 1 amide bonds. The Morgan fingerprint density at radius 3 is 2.30 bits per heavy atom. The number of carboxylic acids is 1. The number of amides is 1. The molecule has 112 valence electrons. The predicted octanol–water partition coefficient (Wildman–Crippen LogP) is 2.75. The second-order valence-corrected chi connectivity index (χ2v) is 5.59. The van der Waals surface area contributed by atoms with E-state index < -0.39 is 23.6 Å². The van der Waals surface area contributed by atoms with Crippen LogP contribution in [0.1, 0.15) is 34.0 Å². The van der Waals surface area contributed by atoms with Crippen molar-refractivity contribution in [2.45, 2.75) is 38.9 Å². The fourth-order valence-electron chi connectivity index (χ4n) is 1.52. The van der Waals surface area contributed by atoms with Crippen molar-refractivity contribution < 1.29 is 27.9 Å². The number of hydrogen-bond acceptors (Lipinski definition) is 3. The summed E-state index contributed by atoms with van der Waals surface area (Å²) in [6, 6.07) is 1.46. The van der Waals surface area contributed by atoms with Crippen molar-refractivity contribution in [3.63, 3.8) is 0 Å². The van der Waals surface area contributed by atoms with Gasteiger partial charge in [-0.15, -0.1) is 11.3 Å². The first-order valence-corrected chi connectivity index (χ1v) is 6.56. The van der Waals surface area contributed by atoms with Crippen molar-refractivity contribution in [3.8, 4) is 0 Å². The Hall–Kier alpha value is -1.57. The van der Waals surface area contributed by atoms with E-state index in [1.807, 2.05) is 6.92 Å². The van der Waals surface area contributed by atoms with Crippen molar-refractivity contribution in [2.75, 3.05) is 0 Å². The van der Waals surface area contributed by atoms with E-state index in [9.17, 15) is 22.8 Å². The quantitative estimate of drug-likeness (QED) is 0.899. The molecule has 0 aromatic carbocycles. The van der Waals surface area contributed by atoms with Crippen LogP contribution < -0.4 is 5.32 Å². The van der Waals surface area contributed by atoms with Crippen LogP contribution in [-0.2, 0) is 11.2 Å². The molecular weight excluding hydrogens is 295 g/mol. The van der Waals surface area contributed by atoms with Crippen LogP contribution in [0.4, 0.5) is 13.2 Å². The molecule has 20 heavy (non-hydrogen) atoms. The first-order chi connectivity index (χ1) is 9.02. The summed E-state index contributed by atoms with van der Waals surface area (Å²) in [7, 11) is 0. The number of thiophene rings is 1. The highest BCUT2D eigenvalue weighted by atomic mass is 32.1. The highest BCUT2D eigenvalue weighted by Crippen LogP contribution is 2.31. The van der Waals surface area contributed by atoms with Crippen molar-refractivity contribution in [1.82, 2.24) is 5.32 Å². The van der Waals surface area contributed by atoms with E-state index in [0.717, 1.165) is 21.8 Å². The molecule has 1 aromatic rings. The van der Waals surface area contributed by atoms with E-state index in [-0.39, 0.29) is 4.88 Å². The third-order valence-electron chi connectivity index (χ3n) is 2.92. The first kappa shape index (κ1) is 16.5. The van der Waals surface area contributed by atoms with Crippen LogP contribution in [0, 0.1) is 6.92 Å². The summed E-state index contributed by atoms with van der Waals surface area (Å²) in [6.45, 7) is 4.03. The molecule has 4 nitrogen and oxygen atoms in total. The molecule has 0 bridgehead atoms. The molecule has 1 heterocycles. The van der Waals surface area contributed by atoms with Gasteiger partial charge in [-0.2, -0.15) is 13.2 Å². The second-order valence-electron chi connectivity index (χ2n) is 4.45. The molecule has 0 aliphatic carbocycles. The van der Waals surface area contributed by atoms with Gasteiger partial charge in [0.15, 0.2) is 0 Å². The number of halogens is 3. The monoisotopic (exact) mass is 309 g/mol. The lowest BCUT2D eigenvalue weighted by Crippen LogP contribution is -2.61. The number of carbonyl (C=O) groups is 2. The maximum Gasteiger partial charge on any atom is 0.422 e. The van der Waals surface area contributed by atoms with Gasteiger partial charge in [0.1, 0.15) is 0 Å². The summed E-state index contributed by atoms with van der Waals surface area (Å²) >= 11 is 1.06. The highest BCUT2D eigenvalue weighted by Gasteiger charge is 2.58. The Morgan fingerprint density at radius 1 is 1.40 bits per heavy atom. The molecule has 0 radical (unpaired) electrons. The van der Waals surface area contributed by atoms with Gasteiger partial charge in [0.25, 0.3) is 5.91 Å². The minimum absolute atomic E-state index is 0.0658. The molecule has 1 rings (SSSR count). The van der Waals surface area contributed by atoms with Gasteiger partial charge in [0, 0.05) is 4.88 Å². The van der Waals surface area contributed by atoms with Gasteiger partial charge in [-0.3, -0.25) is 4.79 Å². The van der Waals surface area contributed by atoms with Gasteiger partial charge in [0.2, 0.25) is 5.54 Å². The van der Waals surface area contributed by atoms with Crippen LogP contribution in [-0.4, -0.2) is 28.7 Å². The van der Waals surface area contributed by atoms with E-state index in [2.05, 4.69) is 0 Å². The van der Waals surface area contributed by atoms with Gasteiger partial charge < -0.3 is 10.4 Å². The summed E-state index contributed by atoms with van der Waals surface area (Å²) < 4.78 is 38.4. The summed E-state index contributed by atoms with van der Waals surface area (Å²) in [4.78, 5) is 23.6. The van der Waals surface area contributed by atoms with Gasteiger partial charge in [-0.25, -0.2) is 4.79 Å². The van der Waals surface area contributed by atoms with Crippen molar-refractivity contribution in [1.29, 1.82) is 0 Å². The number of hydrogen-bond donors (Lipinski definition) is 2. The van der Waals surface area contributed by atoms with Crippen molar-refractivity contribution in [2.24, 2.45) is 0 Å². The average Bonchev–Trinajstić information content (AvgIpc) is 2.68. The Morgan fingerprint density at radius 2 is 1.95 bits per heavy atom. The van der Waals surface area contributed by atoms with E-state index in [4.69, 9.17) is 5.11 Å². The van der Waals surface area contributed by atoms with Crippen LogP contribution >= 0.6 is 11.3 Å². The summed E-state index contributed by atoms with van der Waals surface area (Å²) in [5.74, 6) is -3.19. The van der Waals surface area contributed by atoms with Crippen LogP contribution in [0.25, 0.3) is 0 Å². The third-order valence-corrected chi connectivity index (χ3v) is 4.30. The van der Waals surface area contributed by atoms with Crippen molar-refractivity contribution in [3.05, 3.63) is 21.4 Å². The van der Waals surface area contributed by atoms with E-state index in [1.165, 1.54) is 6.07 Å². The van der Waals surface area contributed by atoms with E-state index >= 15 is 0 Å². The molecule has 0 aliphatic rings. The number of nitrogens with one attached hydrogen (secondary N) is 1. The standard InChI is InChI=1S/C12H14F3NO3S/c1-4-7-6(2)5-8(20-7)9(17)16-11(3,10(18)19)12(13,14)15/h5H,4H2,1-3H3,(H,16,17)(H,18,19). The topological polar surface area (TPSA) is 66.4 Å². The molecule has 0 fully saturated rings. The minimum Gasteiger partial charge on any atom is -0.479 e. The zero-order valence-electron chi connectivity index (χ0n) is 11.1. The molecule has 8 heteroatoms. The predicted molar refractivity (Wildman–Crippen MR) is 68.0 cm³/mol. The smallest absolute Gasteiger partial charge is 0.422 e. The zero-order valence-corrected chi connectivity index (χ0v) is 11.9. The molecule has 2 N–H and O–H groups in total. The summed E-state index contributed by atoms with van der Waals surface area (Å²) in [5, 5.41) is 10.3. The lowest BCUT2D eigenvalue weighted by molar-refractivity contribution is -0.203. The number of alkyl halides is 3. The molecule has 0 saturated carbocycles. The van der Waals surface area contributed by atoms with Crippen LogP contribution in [0.15, 0.2) is 6.07 Å². The Kier molecular flexibility index (Phi) is 4.48. The first-order valence-electron chi connectivity index (χ1n) is 5.75. The minimum atomic E-state index is -5.09. The second kappa shape index (κ2) is 5.43. The molecule has 0 aliphatic heterocycles. The summed E-state index contributed by atoms with van der Waals surface area (Å²) in [5.41, 5.74) is -2.51. The Bertz CT molecular complexity index is 539. The molecule has 1 atom stereocenters. The number of aryl methyl sites for hydroxylation is 2. The van der Waals surface area contributed by atoms with Gasteiger partial charge in [-0.1, -0.05) is 6.92 Å². The maximum absolute atomic E-state index is 12.8. The fraction of sp³-hybridized carbons (Fsp3) is 0.500. The van der Waals surface area contributed by atoms with Crippen LogP contribution in [0.3, 0.4) is 0 Å². The Labute approximate surface area is 117 Å². The number of rotatable bonds is 4. The Balaban J connectivity index is 3.06. The number of carboxylic acid groups (broad SMARTS) is 1. The molecule has 1 unspecified atom stereocenters.